The first-order chi connectivity index (χ1) is 7.75. The largest absolute Gasteiger partial charge is 0.489 e. The molecule has 3 heteroatoms. The van der Waals surface area contributed by atoms with E-state index in [2.05, 4.69) is 5.32 Å². The predicted octanol–water partition coefficient (Wildman–Crippen LogP) is 2.66. The molecule has 1 aromatic carbocycles. The van der Waals surface area contributed by atoms with Crippen molar-refractivity contribution in [3.8, 4) is 5.75 Å². The van der Waals surface area contributed by atoms with Crippen molar-refractivity contribution in [3.05, 3.63) is 29.6 Å². The Kier molecular flexibility index (Phi) is 3.78. The smallest absolute Gasteiger partial charge is 0.165 e. The van der Waals surface area contributed by atoms with Gasteiger partial charge in [0.1, 0.15) is 6.61 Å². The van der Waals surface area contributed by atoms with E-state index < -0.39 is 0 Å². The van der Waals surface area contributed by atoms with E-state index in [1.807, 2.05) is 6.92 Å². The minimum absolute atomic E-state index is 0.276. The Morgan fingerprint density at radius 3 is 3.06 bits per heavy atom. The quantitative estimate of drug-likeness (QED) is 0.850. The van der Waals surface area contributed by atoms with Gasteiger partial charge in [-0.1, -0.05) is 12.5 Å². The van der Waals surface area contributed by atoms with Gasteiger partial charge >= 0.3 is 0 Å². The van der Waals surface area contributed by atoms with Gasteiger partial charge in [0.25, 0.3) is 0 Å². The van der Waals surface area contributed by atoms with E-state index in [0.29, 0.717) is 18.4 Å². The maximum absolute atomic E-state index is 13.4. The van der Waals surface area contributed by atoms with Gasteiger partial charge in [-0.3, -0.25) is 0 Å². The third-order valence-electron chi connectivity index (χ3n) is 2.94. The van der Waals surface area contributed by atoms with E-state index in [0.717, 1.165) is 18.5 Å². The van der Waals surface area contributed by atoms with Gasteiger partial charge in [0.15, 0.2) is 11.6 Å². The van der Waals surface area contributed by atoms with Crippen LogP contribution in [-0.2, 0) is 0 Å². The van der Waals surface area contributed by atoms with Crippen LogP contribution in [0.4, 0.5) is 4.39 Å². The maximum atomic E-state index is 13.4. The standard InChI is InChI=1S/C13H18FNO/c1-10-5-6-12(14)13(8-10)16-9-11-4-2-3-7-15-11/h5-6,8,11,15H,2-4,7,9H2,1H3. The van der Waals surface area contributed by atoms with Crippen LogP contribution in [-0.4, -0.2) is 19.2 Å². The molecule has 0 spiro atoms. The Morgan fingerprint density at radius 1 is 1.44 bits per heavy atom. The van der Waals surface area contributed by atoms with E-state index in [1.54, 1.807) is 12.1 Å². The first-order valence-corrected chi connectivity index (χ1v) is 5.88. The zero-order valence-corrected chi connectivity index (χ0v) is 9.63. The fraction of sp³-hybridized carbons (Fsp3) is 0.538. The molecule has 1 atom stereocenters. The summed E-state index contributed by atoms with van der Waals surface area (Å²) in [6.07, 6.45) is 3.58. The zero-order valence-electron chi connectivity index (χ0n) is 9.63. The van der Waals surface area contributed by atoms with Crippen molar-refractivity contribution in [1.82, 2.24) is 5.32 Å². The van der Waals surface area contributed by atoms with E-state index in [9.17, 15) is 4.39 Å². The summed E-state index contributed by atoms with van der Waals surface area (Å²) < 4.78 is 18.9. The molecule has 0 saturated carbocycles. The third kappa shape index (κ3) is 2.95. The SMILES string of the molecule is Cc1ccc(F)c(OCC2CCCCN2)c1. The molecule has 2 rings (SSSR count). The van der Waals surface area contributed by atoms with Crippen molar-refractivity contribution in [1.29, 1.82) is 0 Å². The minimum Gasteiger partial charge on any atom is -0.489 e. The molecular formula is C13H18FNO. The van der Waals surface area contributed by atoms with E-state index >= 15 is 0 Å². The molecule has 0 aliphatic carbocycles. The summed E-state index contributed by atoms with van der Waals surface area (Å²) in [6, 6.07) is 5.33. The number of halogens is 1. The molecule has 16 heavy (non-hydrogen) atoms. The molecule has 1 aliphatic rings. The van der Waals surface area contributed by atoms with Gasteiger partial charge in [-0.05, 0) is 44.0 Å². The number of piperidine rings is 1. The number of nitrogens with one attached hydrogen (secondary N) is 1. The van der Waals surface area contributed by atoms with Crippen molar-refractivity contribution in [2.75, 3.05) is 13.2 Å². The van der Waals surface area contributed by atoms with Crippen LogP contribution in [0.15, 0.2) is 18.2 Å². The lowest BCUT2D eigenvalue weighted by Crippen LogP contribution is -2.38. The summed E-state index contributed by atoms with van der Waals surface area (Å²) >= 11 is 0. The molecule has 2 nitrogen and oxygen atoms in total. The van der Waals surface area contributed by atoms with Crippen LogP contribution in [0.5, 0.6) is 5.75 Å². The zero-order chi connectivity index (χ0) is 11.4. The highest BCUT2D eigenvalue weighted by Gasteiger charge is 2.13. The highest BCUT2D eigenvalue weighted by molar-refractivity contribution is 5.29. The summed E-state index contributed by atoms with van der Waals surface area (Å²) in [7, 11) is 0. The Hall–Kier alpha value is -1.09. The van der Waals surface area contributed by atoms with Crippen LogP contribution >= 0.6 is 0 Å². The molecular weight excluding hydrogens is 205 g/mol. The number of hydrogen-bond acceptors (Lipinski definition) is 2. The number of rotatable bonds is 3. The molecule has 0 amide bonds. The second-order valence-electron chi connectivity index (χ2n) is 4.39. The number of aryl methyl sites for hydroxylation is 1. The maximum Gasteiger partial charge on any atom is 0.165 e. The van der Waals surface area contributed by atoms with Gasteiger partial charge in [-0.25, -0.2) is 4.39 Å². The molecule has 0 radical (unpaired) electrons. The lowest BCUT2D eigenvalue weighted by molar-refractivity contribution is 0.231. The first-order valence-electron chi connectivity index (χ1n) is 5.88. The second-order valence-corrected chi connectivity index (χ2v) is 4.39. The highest BCUT2D eigenvalue weighted by atomic mass is 19.1. The lowest BCUT2D eigenvalue weighted by atomic mass is 10.1. The van der Waals surface area contributed by atoms with E-state index in [1.165, 1.54) is 18.9 Å². The third-order valence-corrected chi connectivity index (χ3v) is 2.94. The van der Waals surface area contributed by atoms with Crippen molar-refractivity contribution in [3.63, 3.8) is 0 Å². The summed E-state index contributed by atoms with van der Waals surface area (Å²) in [6.45, 7) is 3.54. The Labute approximate surface area is 95.8 Å². The first kappa shape index (κ1) is 11.4. The van der Waals surface area contributed by atoms with Crippen LogP contribution in [0.1, 0.15) is 24.8 Å². The van der Waals surface area contributed by atoms with Gasteiger partial charge in [0, 0.05) is 6.04 Å². The van der Waals surface area contributed by atoms with E-state index in [-0.39, 0.29) is 5.82 Å². The topological polar surface area (TPSA) is 21.3 Å². The molecule has 88 valence electrons. The van der Waals surface area contributed by atoms with Crippen LogP contribution < -0.4 is 10.1 Å². The van der Waals surface area contributed by atoms with Gasteiger partial charge < -0.3 is 10.1 Å². The molecule has 1 saturated heterocycles. The van der Waals surface area contributed by atoms with Crippen molar-refractivity contribution < 1.29 is 9.13 Å². The molecule has 1 heterocycles. The molecule has 1 N–H and O–H groups in total. The molecule has 1 aromatic rings. The fourth-order valence-electron chi connectivity index (χ4n) is 1.98. The lowest BCUT2D eigenvalue weighted by Gasteiger charge is -2.23. The van der Waals surface area contributed by atoms with Crippen LogP contribution in [0, 0.1) is 12.7 Å². The Morgan fingerprint density at radius 2 is 2.31 bits per heavy atom. The van der Waals surface area contributed by atoms with Crippen LogP contribution in [0.2, 0.25) is 0 Å². The highest BCUT2D eigenvalue weighted by Crippen LogP contribution is 2.19. The summed E-state index contributed by atoms with van der Waals surface area (Å²) in [5.74, 6) is 0.0915. The van der Waals surface area contributed by atoms with Crippen molar-refractivity contribution >= 4 is 0 Å². The normalized spacial score (nSPS) is 20.8. The average Bonchev–Trinajstić information content (AvgIpc) is 2.32. The van der Waals surface area contributed by atoms with Crippen LogP contribution in [0.25, 0.3) is 0 Å². The van der Waals surface area contributed by atoms with Crippen molar-refractivity contribution in [2.45, 2.75) is 32.2 Å². The molecule has 0 aromatic heterocycles. The summed E-state index contributed by atoms with van der Waals surface area (Å²) in [5.41, 5.74) is 1.02. The second kappa shape index (κ2) is 5.30. The minimum atomic E-state index is -0.276. The molecule has 1 fully saturated rings. The summed E-state index contributed by atoms with van der Waals surface area (Å²) in [5, 5.41) is 3.38. The fourth-order valence-corrected chi connectivity index (χ4v) is 1.98. The van der Waals surface area contributed by atoms with Crippen LogP contribution in [0.3, 0.4) is 0 Å². The van der Waals surface area contributed by atoms with Gasteiger partial charge in [-0.15, -0.1) is 0 Å². The van der Waals surface area contributed by atoms with E-state index in [4.69, 9.17) is 4.74 Å². The molecule has 0 bridgehead atoms. The van der Waals surface area contributed by atoms with Gasteiger partial charge in [-0.2, -0.15) is 0 Å². The Balaban J connectivity index is 1.90. The monoisotopic (exact) mass is 223 g/mol. The molecule has 1 aliphatic heterocycles. The summed E-state index contributed by atoms with van der Waals surface area (Å²) in [4.78, 5) is 0. The number of benzene rings is 1. The number of hydrogen-bond donors (Lipinski definition) is 1. The average molecular weight is 223 g/mol. The van der Waals surface area contributed by atoms with Gasteiger partial charge in [0.05, 0.1) is 0 Å². The molecule has 1 unspecified atom stereocenters. The Bertz CT molecular complexity index is 348. The predicted molar refractivity (Wildman–Crippen MR) is 62.3 cm³/mol. The van der Waals surface area contributed by atoms with Gasteiger partial charge in [0.2, 0.25) is 0 Å². The van der Waals surface area contributed by atoms with Crippen molar-refractivity contribution in [2.24, 2.45) is 0 Å². The number of ether oxygens (including phenoxy) is 1.